The van der Waals surface area contributed by atoms with Crippen molar-refractivity contribution in [3.8, 4) is 5.75 Å². The number of sulfonamides is 1. The second-order valence-corrected chi connectivity index (χ2v) is 12.3. The highest BCUT2D eigenvalue weighted by atomic mass is 32.2. The van der Waals surface area contributed by atoms with Gasteiger partial charge in [-0.3, -0.25) is 0 Å². The molecule has 0 aliphatic carbocycles. The molecule has 0 spiro atoms. The lowest BCUT2D eigenvalue weighted by atomic mass is 9.98. The van der Waals surface area contributed by atoms with Crippen molar-refractivity contribution in [3.63, 3.8) is 0 Å². The molecular formula is C26H32F3N5O3S. The summed E-state index contributed by atoms with van der Waals surface area (Å²) in [5.41, 5.74) is 1.63. The van der Waals surface area contributed by atoms with Gasteiger partial charge in [0.2, 0.25) is 10.0 Å². The van der Waals surface area contributed by atoms with Crippen LogP contribution in [0.25, 0.3) is 0 Å². The first-order valence-corrected chi connectivity index (χ1v) is 13.8. The highest BCUT2D eigenvalue weighted by Crippen LogP contribution is 2.35. The number of rotatable bonds is 8. The predicted molar refractivity (Wildman–Crippen MR) is 136 cm³/mol. The quantitative estimate of drug-likeness (QED) is 0.429. The Hall–Kier alpha value is -2.96. The molecule has 38 heavy (non-hydrogen) atoms. The zero-order valence-corrected chi connectivity index (χ0v) is 22.5. The van der Waals surface area contributed by atoms with Crippen LogP contribution in [0.5, 0.6) is 5.75 Å². The van der Waals surface area contributed by atoms with E-state index in [2.05, 4.69) is 47.2 Å². The van der Waals surface area contributed by atoms with E-state index in [1.54, 1.807) is 17.8 Å². The van der Waals surface area contributed by atoms with Crippen LogP contribution in [0.1, 0.15) is 62.5 Å². The number of halogens is 3. The van der Waals surface area contributed by atoms with Gasteiger partial charge in [-0.25, -0.2) is 17.8 Å². The van der Waals surface area contributed by atoms with Gasteiger partial charge < -0.3 is 10.1 Å². The summed E-state index contributed by atoms with van der Waals surface area (Å²) >= 11 is 0. The average molecular weight is 552 g/mol. The van der Waals surface area contributed by atoms with Crippen molar-refractivity contribution in [2.75, 3.05) is 6.61 Å². The van der Waals surface area contributed by atoms with Crippen LogP contribution < -0.4 is 14.8 Å². The molecule has 3 aromatic rings. The lowest BCUT2D eigenvalue weighted by Crippen LogP contribution is -2.35. The third-order valence-electron chi connectivity index (χ3n) is 6.13. The topological polar surface area (TPSA) is 98.1 Å². The minimum atomic E-state index is -4.64. The van der Waals surface area contributed by atoms with Gasteiger partial charge in [0, 0.05) is 42.7 Å². The zero-order chi connectivity index (χ0) is 27.7. The SMILES string of the molecule is CC(Cc1cn(C2CCOc3cc(CNC(C)(C)C)ccc32)nn1)NS(=O)(=O)c1cccc(C(F)(F)F)c1. The molecule has 0 saturated carbocycles. The molecule has 12 heteroatoms. The second kappa shape index (κ2) is 10.7. The number of benzene rings is 2. The van der Waals surface area contributed by atoms with E-state index in [9.17, 15) is 21.6 Å². The van der Waals surface area contributed by atoms with Crippen molar-refractivity contribution in [2.24, 2.45) is 0 Å². The minimum Gasteiger partial charge on any atom is -0.493 e. The molecule has 2 atom stereocenters. The fraction of sp³-hybridized carbons (Fsp3) is 0.462. The molecule has 2 N–H and O–H groups in total. The summed E-state index contributed by atoms with van der Waals surface area (Å²) in [4.78, 5) is -0.446. The van der Waals surface area contributed by atoms with E-state index in [0.717, 1.165) is 35.1 Å². The molecule has 2 heterocycles. The van der Waals surface area contributed by atoms with Gasteiger partial charge >= 0.3 is 6.18 Å². The molecule has 2 unspecified atom stereocenters. The van der Waals surface area contributed by atoms with Gasteiger partial charge in [-0.1, -0.05) is 23.4 Å². The van der Waals surface area contributed by atoms with Gasteiger partial charge in [-0.05, 0) is 57.5 Å². The van der Waals surface area contributed by atoms with Crippen LogP contribution in [0.4, 0.5) is 13.2 Å². The maximum atomic E-state index is 13.0. The Morgan fingerprint density at radius 2 is 1.92 bits per heavy atom. The van der Waals surface area contributed by atoms with Crippen LogP contribution in [-0.2, 0) is 29.2 Å². The maximum absolute atomic E-state index is 13.0. The van der Waals surface area contributed by atoms with Gasteiger partial charge in [0.25, 0.3) is 0 Å². The van der Waals surface area contributed by atoms with Crippen molar-refractivity contribution in [2.45, 2.75) is 75.8 Å². The molecule has 8 nitrogen and oxygen atoms in total. The van der Waals surface area contributed by atoms with Crippen LogP contribution in [0, 0.1) is 0 Å². The summed E-state index contributed by atoms with van der Waals surface area (Å²) in [7, 11) is -4.16. The lowest BCUT2D eigenvalue weighted by Gasteiger charge is -2.27. The van der Waals surface area contributed by atoms with Gasteiger partial charge in [-0.15, -0.1) is 5.10 Å². The van der Waals surface area contributed by atoms with Gasteiger partial charge in [-0.2, -0.15) is 13.2 Å². The second-order valence-electron chi connectivity index (χ2n) is 10.6. The number of alkyl halides is 3. The highest BCUT2D eigenvalue weighted by molar-refractivity contribution is 7.89. The molecule has 1 aromatic heterocycles. The molecule has 2 aromatic carbocycles. The summed E-state index contributed by atoms with van der Waals surface area (Å²) in [5, 5.41) is 11.9. The number of hydrogen-bond acceptors (Lipinski definition) is 6. The first kappa shape index (κ1) is 28.1. The van der Waals surface area contributed by atoms with Crippen molar-refractivity contribution in [1.29, 1.82) is 0 Å². The van der Waals surface area contributed by atoms with E-state index in [0.29, 0.717) is 31.3 Å². The van der Waals surface area contributed by atoms with E-state index in [1.807, 2.05) is 12.1 Å². The van der Waals surface area contributed by atoms with Crippen molar-refractivity contribution < 1.29 is 26.3 Å². The number of ether oxygens (including phenoxy) is 1. The van der Waals surface area contributed by atoms with Gasteiger partial charge in [0.1, 0.15) is 5.75 Å². The fourth-order valence-electron chi connectivity index (χ4n) is 4.25. The van der Waals surface area contributed by atoms with E-state index >= 15 is 0 Å². The first-order chi connectivity index (χ1) is 17.7. The molecule has 0 saturated heterocycles. The molecule has 0 radical (unpaired) electrons. The Morgan fingerprint density at radius 3 is 2.63 bits per heavy atom. The van der Waals surface area contributed by atoms with Crippen LogP contribution in [0.3, 0.4) is 0 Å². The summed E-state index contributed by atoms with van der Waals surface area (Å²) < 4.78 is 74.5. The van der Waals surface area contributed by atoms with Gasteiger partial charge in [0.05, 0.1) is 28.8 Å². The third-order valence-corrected chi connectivity index (χ3v) is 7.72. The smallest absolute Gasteiger partial charge is 0.416 e. The molecule has 0 fully saturated rings. The molecule has 1 aliphatic heterocycles. The monoisotopic (exact) mass is 551 g/mol. The highest BCUT2D eigenvalue weighted by Gasteiger charge is 2.32. The average Bonchev–Trinajstić information content (AvgIpc) is 3.29. The minimum absolute atomic E-state index is 0.00510. The zero-order valence-electron chi connectivity index (χ0n) is 21.7. The lowest BCUT2D eigenvalue weighted by molar-refractivity contribution is -0.137. The number of aromatic nitrogens is 3. The van der Waals surface area contributed by atoms with Crippen LogP contribution in [0.15, 0.2) is 53.6 Å². The van der Waals surface area contributed by atoms with Crippen molar-refractivity contribution >= 4 is 10.0 Å². The Bertz CT molecular complexity index is 1380. The standard InChI is InChI=1S/C26H32F3N5O3S/c1-17(32-38(35,36)21-7-5-6-19(14-21)26(27,28)29)12-20-16-34(33-31-20)23-10-11-37-24-13-18(8-9-22(23)24)15-30-25(2,3)4/h5-9,13-14,16-17,23,30,32H,10-12,15H2,1-4H3. The molecular weight excluding hydrogens is 519 g/mol. The Morgan fingerprint density at radius 1 is 1.16 bits per heavy atom. The number of nitrogens with zero attached hydrogens (tertiary/aromatic N) is 3. The van der Waals surface area contributed by atoms with Crippen molar-refractivity contribution in [1.82, 2.24) is 25.0 Å². The van der Waals surface area contributed by atoms with E-state index < -0.39 is 32.7 Å². The summed E-state index contributed by atoms with van der Waals surface area (Å²) in [6, 6.07) is 9.08. The van der Waals surface area contributed by atoms with Crippen LogP contribution >= 0.6 is 0 Å². The fourth-order valence-corrected chi connectivity index (χ4v) is 5.54. The Kier molecular flexibility index (Phi) is 7.87. The molecule has 4 rings (SSSR count). The molecule has 206 valence electrons. The van der Waals surface area contributed by atoms with E-state index in [-0.39, 0.29) is 18.0 Å². The summed E-state index contributed by atoms with van der Waals surface area (Å²) in [6.07, 6.45) is -1.95. The summed E-state index contributed by atoms with van der Waals surface area (Å²) in [6.45, 7) is 9.19. The predicted octanol–water partition coefficient (Wildman–Crippen LogP) is 4.47. The van der Waals surface area contributed by atoms with Crippen LogP contribution in [0.2, 0.25) is 0 Å². The normalized spacial score (nSPS) is 17.1. The molecule has 0 amide bonds. The third kappa shape index (κ3) is 6.91. The number of fused-ring (bicyclic) bond motifs is 1. The first-order valence-electron chi connectivity index (χ1n) is 12.3. The molecule has 0 bridgehead atoms. The maximum Gasteiger partial charge on any atom is 0.416 e. The Labute approximate surface area is 220 Å². The number of hydrogen-bond donors (Lipinski definition) is 2. The summed E-state index contributed by atoms with van der Waals surface area (Å²) in [5.74, 6) is 0.800. The Balaban J connectivity index is 1.43. The van der Waals surface area contributed by atoms with Crippen LogP contribution in [-0.4, -0.2) is 41.6 Å². The van der Waals surface area contributed by atoms with E-state index in [4.69, 9.17) is 4.74 Å². The van der Waals surface area contributed by atoms with Gasteiger partial charge in [0.15, 0.2) is 0 Å². The number of nitrogens with one attached hydrogen (secondary N) is 2. The largest absolute Gasteiger partial charge is 0.493 e. The van der Waals surface area contributed by atoms with E-state index in [1.165, 1.54) is 0 Å². The van der Waals surface area contributed by atoms with Crippen molar-refractivity contribution in [3.05, 3.63) is 71.0 Å². The molecule has 1 aliphatic rings.